The summed E-state index contributed by atoms with van der Waals surface area (Å²) in [6.45, 7) is 8.39. The smallest absolute Gasteiger partial charge is 0.239 e. The van der Waals surface area contributed by atoms with Crippen molar-refractivity contribution in [2.45, 2.75) is 64.5 Å². The molecular formula is C15H31N3O. The van der Waals surface area contributed by atoms with Gasteiger partial charge < -0.3 is 11.1 Å². The lowest BCUT2D eigenvalue weighted by atomic mass is 9.91. The molecule has 1 aliphatic carbocycles. The Bertz CT molecular complexity index is 289. The molecule has 0 aromatic heterocycles. The quantitative estimate of drug-likeness (QED) is 0.594. The molecule has 1 amide bonds. The number of unbranched alkanes of at least 4 members (excludes halogenated alkanes) is 2. The highest BCUT2D eigenvalue weighted by atomic mass is 16.1. The van der Waals surface area contributed by atoms with E-state index >= 15 is 0 Å². The Kier molecular flexibility index (Phi) is 6.27. The van der Waals surface area contributed by atoms with Crippen molar-refractivity contribution in [1.29, 1.82) is 0 Å². The van der Waals surface area contributed by atoms with Gasteiger partial charge in [0, 0.05) is 12.6 Å². The maximum atomic E-state index is 12.0. The molecule has 0 heterocycles. The van der Waals surface area contributed by atoms with Crippen molar-refractivity contribution in [3.05, 3.63) is 0 Å². The fourth-order valence-electron chi connectivity index (χ4n) is 2.80. The van der Waals surface area contributed by atoms with Crippen LogP contribution in [0.1, 0.15) is 52.9 Å². The van der Waals surface area contributed by atoms with E-state index in [0.29, 0.717) is 12.0 Å². The number of rotatable bonds is 10. The average molecular weight is 269 g/mol. The van der Waals surface area contributed by atoms with Crippen molar-refractivity contribution >= 4 is 5.91 Å². The zero-order valence-electron chi connectivity index (χ0n) is 13.0. The summed E-state index contributed by atoms with van der Waals surface area (Å²) in [6.07, 6.45) is 5.89. The Morgan fingerprint density at radius 3 is 2.42 bits per heavy atom. The average Bonchev–Trinajstić information content (AvgIpc) is 3.17. The van der Waals surface area contributed by atoms with E-state index in [1.54, 1.807) is 0 Å². The first kappa shape index (κ1) is 16.4. The van der Waals surface area contributed by atoms with Gasteiger partial charge in [-0.1, -0.05) is 19.8 Å². The van der Waals surface area contributed by atoms with E-state index in [0.717, 1.165) is 25.9 Å². The van der Waals surface area contributed by atoms with Gasteiger partial charge in [-0.3, -0.25) is 9.69 Å². The number of nitrogens with zero attached hydrogens (tertiary/aromatic N) is 1. The van der Waals surface area contributed by atoms with E-state index in [9.17, 15) is 4.79 Å². The Labute approximate surface area is 118 Å². The Morgan fingerprint density at radius 2 is 2.05 bits per heavy atom. The van der Waals surface area contributed by atoms with E-state index in [2.05, 4.69) is 31.0 Å². The molecule has 0 bridgehead atoms. The molecule has 1 unspecified atom stereocenters. The van der Waals surface area contributed by atoms with E-state index in [1.807, 2.05) is 7.05 Å². The van der Waals surface area contributed by atoms with Gasteiger partial charge in [0.25, 0.3) is 0 Å². The van der Waals surface area contributed by atoms with Crippen LogP contribution in [0.25, 0.3) is 0 Å². The van der Waals surface area contributed by atoms with E-state index < -0.39 is 5.54 Å². The predicted molar refractivity (Wildman–Crippen MR) is 79.9 cm³/mol. The highest BCUT2D eigenvalue weighted by molar-refractivity contribution is 5.86. The molecule has 4 heteroatoms. The van der Waals surface area contributed by atoms with Gasteiger partial charge in [-0.05, 0) is 52.6 Å². The molecule has 0 aliphatic heterocycles. The van der Waals surface area contributed by atoms with Crippen LogP contribution in [0, 0.1) is 5.92 Å². The van der Waals surface area contributed by atoms with Gasteiger partial charge in [-0.2, -0.15) is 0 Å². The molecule has 4 nitrogen and oxygen atoms in total. The molecule has 0 aromatic rings. The van der Waals surface area contributed by atoms with Crippen LogP contribution in [0.5, 0.6) is 0 Å². The highest BCUT2D eigenvalue weighted by Gasteiger charge is 2.49. The van der Waals surface area contributed by atoms with Crippen LogP contribution >= 0.6 is 0 Å². The first-order valence-corrected chi connectivity index (χ1v) is 7.70. The summed E-state index contributed by atoms with van der Waals surface area (Å²) >= 11 is 0. The number of carbonyl (C=O) groups is 1. The minimum Gasteiger partial charge on any atom is -0.368 e. The maximum absolute atomic E-state index is 12.0. The van der Waals surface area contributed by atoms with Crippen molar-refractivity contribution in [2.75, 3.05) is 20.1 Å². The van der Waals surface area contributed by atoms with Gasteiger partial charge in [0.1, 0.15) is 5.54 Å². The number of carbonyl (C=O) groups excluding carboxylic acids is 1. The van der Waals surface area contributed by atoms with Gasteiger partial charge >= 0.3 is 0 Å². The third-order valence-electron chi connectivity index (χ3n) is 4.39. The summed E-state index contributed by atoms with van der Waals surface area (Å²) in [5.74, 6) is 0.223. The minimum absolute atomic E-state index is 0.196. The molecule has 1 fully saturated rings. The molecule has 1 atom stereocenters. The summed E-state index contributed by atoms with van der Waals surface area (Å²) in [6, 6.07) is 0.447. The summed E-state index contributed by atoms with van der Waals surface area (Å²) in [7, 11) is 1.87. The lowest BCUT2D eigenvalue weighted by Gasteiger charge is -2.38. The van der Waals surface area contributed by atoms with Gasteiger partial charge in [-0.15, -0.1) is 0 Å². The second-order valence-electron chi connectivity index (χ2n) is 6.13. The largest absolute Gasteiger partial charge is 0.368 e. The molecular weight excluding hydrogens is 238 g/mol. The third kappa shape index (κ3) is 4.18. The molecule has 1 saturated carbocycles. The van der Waals surface area contributed by atoms with Gasteiger partial charge in [-0.25, -0.2) is 0 Å². The minimum atomic E-state index is -0.531. The van der Waals surface area contributed by atoms with Gasteiger partial charge in [0.2, 0.25) is 5.91 Å². The second kappa shape index (κ2) is 7.25. The van der Waals surface area contributed by atoms with Crippen LogP contribution in [-0.4, -0.2) is 42.5 Å². The SMILES string of the molecule is CCCCCN(CC(NC)(C(N)=O)C1CC1)C(C)C. The number of hydrogen-bond donors (Lipinski definition) is 2. The Hall–Kier alpha value is -0.610. The van der Waals surface area contributed by atoms with Crippen molar-refractivity contribution < 1.29 is 4.79 Å². The normalized spacial score (nSPS) is 18.8. The van der Waals surface area contributed by atoms with Crippen LogP contribution in [0.4, 0.5) is 0 Å². The number of likely N-dealkylation sites (N-methyl/N-ethyl adjacent to an activating group) is 1. The van der Waals surface area contributed by atoms with Crippen LogP contribution in [0.15, 0.2) is 0 Å². The molecule has 112 valence electrons. The topological polar surface area (TPSA) is 58.4 Å². The number of amides is 1. The lowest BCUT2D eigenvalue weighted by Crippen LogP contribution is -2.63. The van der Waals surface area contributed by atoms with E-state index in [1.165, 1.54) is 19.3 Å². The van der Waals surface area contributed by atoms with Crippen LogP contribution < -0.4 is 11.1 Å². The van der Waals surface area contributed by atoms with Crippen molar-refractivity contribution in [2.24, 2.45) is 11.7 Å². The molecule has 0 aromatic carbocycles. The Morgan fingerprint density at radius 1 is 1.42 bits per heavy atom. The van der Waals surface area contributed by atoms with Crippen LogP contribution in [-0.2, 0) is 4.79 Å². The van der Waals surface area contributed by atoms with Gasteiger partial charge in [0.15, 0.2) is 0 Å². The predicted octanol–water partition coefficient (Wildman–Crippen LogP) is 1.74. The zero-order valence-corrected chi connectivity index (χ0v) is 13.0. The number of nitrogens with two attached hydrogens (primary N) is 1. The number of nitrogens with one attached hydrogen (secondary N) is 1. The number of primary amides is 1. The standard InChI is InChI=1S/C15H31N3O/c1-5-6-7-10-18(12(2)3)11-15(17-4,14(16)19)13-8-9-13/h12-13,17H,5-11H2,1-4H3,(H2,16,19). The van der Waals surface area contributed by atoms with Crippen molar-refractivity contribution in [1.82, 2.24) is 10.2 Å². The monoisotopic (exact) mass is 269 g/mol. The maximum Gasteiger partial charge on any atom is 0.239 e. The van der Waals surface area contributed by atoms with Crippen LogP contribution in [0.3, 0.4) is 0 Å². The molecule has 1 aliphatic rings. The highest BCUT2D eigenvalue weighted by Crippen LogP contribution is 2.40. The molecule has 0 spiro atoms. The van der Waals surface area contributed by atoms with Crippen LogP contribution in [0.2, 0.25) is 0 Å². The summed E-state index contributed by atoms with van der Waals surface area (Å²) in [5.41, 5.74) is 5.17. The summed E-state index contributed by atoms with van der Waals surface area (Å²) in [4.78, 5) is 14.4. The summed E-state index contributed by atoms with van der Waals surface area (Å²) < 4.78 is 0. The lowest BCUT2D eigenvalue weighted by molar-refractivity contribution is -0.126. The fraction of sp³-hybridized carbons (Fsp3) is 0.933. The molecule has 0 radical (unpaired) electrons. The van der Waals surface area contributed by atoms with E-state index in [-0.39, 0.29) is 5.91 Å². The zero-order chi connectivity index (χ0) is 14.5. The molecule has 0 saturated heterocycles. The molecule has 1 rings (SSSR count). The first-order chi connectivity index (χ1) is 8.97. The van der Waals surface area contributed by atoms with Crippen molar-refractivity contribution in [3.8, 4) is 0 Å². The summed E-state index contributed by atoms with van der Waals surface area (Å²) in [5, 5.41) is 3.24. The molecule has 3 N–H and O–H groups in total. The van der Waals surface area contributed by atoms with Gasteiger partial charge in [0.05, 0.1) is 0 Å². The van der Waals surface area contributed by atoms with Crippen molar-refractivity contribution in [3.63, 3.8) is 0 Å². The fourth-order valence-corrected chi connectivity index (χ4v) is 2.80. The third-order valence-corrected chi connectivity index (χ3v) is 4.39. The van der Waals surface area contributed by atoms with E-state index in [4.69, 9.17) is 5.73 Å². The second-order valence-corrected chi connectivity index (χ2v) is 6.13. The molecule has 19 heavy (non-hydrogen) atoms. The first-order valence-electron chi connectivity index (χ1n) is 7.70. The number of hydrogen-bond acceptors (Lipinski definition) is 3. The Balaban J connectivity index is 2.70.